The van der Waals surface area contributed by atoms with Crippen molar-refractivity contribution in [3.63, 3.8) is 0 Å². The lowest BCUT2D eigenvalue weighted by Crippen LogP contribution is -2.25. The standard InChI is InChI=1S/C24H28Cl2IN3O5/c1-24(2,16-5-8-22(20(26)9-16)35-13-17(32)10-25)15-3-6-19(7-4-15)34-14-18(33)11-30-21(12-31)23(27)28-29-30/h3-9,17-18,31-33H,10-14H2,1-2H3/t17-,18-/m1/s1. The Hall–Kier alpha value is -1.63. The lowest BCUT2D eigenvalue weighted by molar-refractivity contribution is 0.0866. The van der Waals surface area contributed by atoms with E-state index in [0.29, 0.717) is 25.9 Å². The number of rotatable bonds is 12. The number of aliphatic hydroxyl groups excluding tert-OH is 3. The van der Waals surface area contributed by atoms with Gasteiger partial charge in [-0.25, -0.2) is 4.68 Å². The Morgan fingerprint density at radius 2 is 1.69 bits per heavy atom. The second-order valence-corrected chi connectivity index (χ2v) is 10.3. The molecule has 1 heterocycles. The van der Waals surface area contributed by atoms with Gasteiger partial charge in [0.15, 0.2) is 0 Å². The van der Waals surface area contributed by atoms with Gasteiger partial charge in [-0.05, 0) is 58.0 Å². The number of aromatic nitrogens is 3. The highest BCUT2D eigenvalue weighted by atomic mass is 127. The van der Waals surface area contributed by atoms with Crippen molar-refractivity contribution >= 4 is 45.8 Å². The molecule has 2 aromatic carbocycles. The monoisotopic (exact) mass is 635 g/mol. The third kappa shape index (κ3) is 7.21. The summed E-state index contributed by atoms with van der Waals surface area (Å²) in [5.41, 5.74) is 2.26. The molecule has 2 atom stereocenters. The second-order valence-electron chi connectivity index (χ2n) is 8.55. The molecule has 0 bridgehead atoms. The van der Waals surface area contributed by atoms with E-state index in [9.17, 15) is 15.3 Å². The quantitative estimate of drug-likeness (QED) is 0.205. The van der Waals surface area contributed by atoms with Gasteiger partial charge in [-0.15, -0.1) is 16.7 Å². The molecule has 3 aromatic rings. The summed E-state index contributed by atoms with van der Waals surface area (Å²) in [5.74, 6) is 1.20. The fourth-order valence-electron chi connectivity index (χ4n) is 3.42. The maximum Gasteiger partial charge on any atom is 0.149 e. The third-order valence-corrected chi connectivity index (χ3v) is 7.09. The van der Waals surface area contributed by atoms with E-state index in [1.807, 2.05) is 59.0 Å². The van der Waals surface area contributed by atoms with E-state index in [2.05, 4.69) is 24.2 Å². The molecule has 0 saturated heterocycles. The van der Waals surface area contributed by atoms with Gasteiger partial charge in [-0.2, -0.15) is 0 Å². The van der Waals surface area contributed by atoms with E-state index in [0.717, 1.165) is 11.1 Å². The number of benzene rings is 2. The first-order valence-corrected chi connectivity index (χ1v) is 12.9. The third-order valence-electron chi connectivity index (χ3n) is 5.60. The molecular weight excluding hydrogens is 608 g/mol. The molecule has 0 aliphatic carbocycles. The average molecular weight is 636 g/mol. The van der Waals surface area contributed by atoms with Crippen LogP contribution < -0.4 is 9.47 Å². The molecule has 0 saturated carbocycles. The van der Waals surface area contributed by atoms with Crippen LogP contribution in [0.2, 0.25) is 5.02 Å². The summed E-state index contributed by atoms with van der Waals surface area (Å²) in [4.78, 5) is 0. The molecule has 0 fully saturated rings. The normalized spacial score (nSPS) is 13.5. The van der Waals surface area contributed by atoms with Crippen LogP contribution in [-0.2, 0) is 18.6 Å². The van der Waals surface area contributed by atoms with Gasteiger partial charge in [0.25, 0.3) is 0 Å². The number of hydrogen-bond donors (Lipinski definition) is 3. The van der Waals surface area contributed by atoms with Gasteiger partial charge < -0.3 is 24.8 Å². The Morgan fingerprint density at radius 1 is 1.03 bits per heavy atom. The Morgan fingerprint density at radius 3 is 2.31 bits per heavy atom. The summed E-state index contributed by atoms with van der Waals surface area (Å²) in [6.45, 7) is 4.29. The van der Waals surface area contributed by atoms with E-state index in [1.54, 1.807) is 6.07 Å². The van der Waals surface area contributed by atoms with Gasteiger partial charge in [0.05, 0.1) is 29.7 Å². The molecule has 0 radical (unpaired) electrons. The lowest BCUT2D eigenvalue weighted by atomic mass is 9.78. The van der Waals surface area contributed by atoms with Crippen molar-refractivity contribution in [3.05, 3.63) is 68.0 Å². The molecule has 0 aliphatic heterocycles. The molecular formula is C24H28Cl2IN3O5. The van der Waals surface area contributed by atoms with Crippen LogP contribution in [0.3, 0.4) is 0 Å². The zero-order chi connectivity index (χ0) is 25.6. The lowest BCUT2D eigenvalue weighted by Gasteiger charge is -2.27. The van der Waals surface area contributed by atoms with Crippen molar-refractivity contribution in [2.45, 2.75) is 44.6 Å². The Bertz CT molecular complexity index is 1110. The van der Waals surface area contributed by atoms with Gasteiger partial charge in [-0.1, -0.05) is 48.9 Å². The maximum absolute atomic E-state index is 10.3. The number of ether oxygens (including phenoxy) is 2. The van der Waals surface area contributed by atoms with E-state index >= 15 is 0 Å². The molecule has 35 heavy (non-hydrogen) atoms. The zero-order valence-corrected chi connectivity index (χ0v) is 23.0. The summed E-state index contributed by atoms with van der Waals surface area (Å²) in [6.07, 6.45) is -1.57. The molecule has 11 heteroatoms. The Kier molecular flexibility index (Phi) is 10.0. The fourth-order valence-corrected chi connectivity index (χ4v) is 4.29. The van der Waals surface area contributed by atoms with Crippen molar-refractivity contribution < 1.29 is 24.8 Å². The first-order valence-electron chi connectivity index (χ1n) is 10.9. The smallest absolute Gasteiger partial charge is 0.149 e. The van der Waals surface area contributed by atoms with Crippen LogP contribution in [0.1, 0.15) is 30.7 Å². The minimum Gasteiger partial charge on any atom is -0.491 e. The molecule has 1 aromatic heterocycles. The van der Waals surface area contributed by atoms with Crippen molar-refractivity contribution in [1.29, 1.82) is 0 Å². The van der Waals surface area contributed by atoms with Crippen molar-refractivity contribution in [1.82, 2.24) is 15.0 Å². The first kappa shape index (κ1) is 27.9. The molecule has 0 amide bonds. The van der Waals surface area contributed by atoms with E-state index in [1.165, 1.54) is 4.68 Å². The maximum atomic E-state index is 10.3. The molecule has 0 unspecified atom stereocenters. The zero-order valence-electron chi connectivity index (χ0n) is 19.4. The van der Waals surface area contributed by atoms with Crippen LogP contribution in [-0.4, -0.2) is 61.6 Å². The van der Waals surface area contributed by atoms with Crippen LogP contribution in [0.5, 0.6) is 11.5 Å². The summed E-state index contributed by atoms with van der Waals surface area (Å²) in [7, 11) is 0. The van der Waals surface area contributed by atoms with E-state index < -0.39 is 12.2 Å². The number of nitrogens with zero attached hydrogens (tertiary/aromatic N) is 3. The molecule has 190 valence electrons. The predicted octanol–water partition coefficient (Wildman–Crippen LogP) is 3.77. The summed E-state index contributed by atoms with van der Waals surface area (Å²) in [5, 5.41) is 37.6. The molecule has 8 nitrogen and oxygen atoms in total. The van der Waals surface area contributed by atoms with E-state index in [4.69, 9.17) is 32.7 Å². The summed E-state index contributed by atoms with van der Waals surface area (Å²) >= 11 is 14.0. The highest BCUT2D eigenvalue weighted by Crippen LogP contribution is 2.36. The molecule has 0 aliphatic rings. The largest absolute Gasteiger partial charge is 0.491 e. The van der Waals surface area contributed by atoms with Crippen molar-refractivity contribution in [3.8, 4) is 11.5 Å². The number of hydrogen-bond acceptors (Lipinski definition) is 7. The minimum absolute atomic E-state index is 0.0690. The van der Waals surface area contributed by atoms with Crippen LogP contribution in [0.4, 0.5) is 0 Å². The Balaban J connectivity index is 1.61. The van der Waals surface area contributed by atoms with Crippen LogP contribution >= 0.6 is 45.8 Å². The van der Waals surface area contributed by atoms with Gasteiger partial charge in [0, 0.05) is 5.41 Å². The molecule has 0 spiro atoms. The number of alkyl halides is 1. The topological polar surface area (TPSA) is 110 Å². The predicted molar refractivity (Wildman–Crippen MR) is 142 cm³/mol. The number of aliphatic hydroxyl groups is 3. The van der Waals surface area contributed by atoms with Crippen molar-refractivity contribution in [2.75, 3.05) is 19.1 Å². The summed E-state index contributed by atoms with van der Waals surface area (Å²) in [6, 6.07) is 13.2. The SMILES string of the molecule is CC(C)(c1ccc(OC[C@H](O)Cn2nnc(I)c2CO)cc1)c1ccc(OC[C@H](O)CCl)c(Cl)c1. The summed E-state index contributed by atoms with van der Waals surface area (Å²) < 4.78 is 13.4. The van der Waals surface area contributed by atoms with Crippen LogP contribution in [0.15, 0.2) is 42.5 Å². The van der Waals surface area contributed by atoms with Crippen molar-refractivity contribution in [2.24, 2.45) is 0 Å². The molecule has 3 rings (SSSR count). The first-order chi connectivity index (χ1) is 16.6. The number of halogens is 3. The van der Waals surface area contributed by atoms with Gasteiger partial charge in [0.1, 0.15) is 40.6 Å². The van der Waals surface area contributed by atoms with Crippen LogP contribution in [0, 0.1) is 3.70 Å². The molecule has 3 N–H and O–H groups in total. The fraction of sp³-hybridized carbons (Fsp3) is 0.417. The van der Waals surface area contributed by atoms with Crippen LogP contribution in [0.25, 0.3) is 0 Å². The average Bonchev–Trinajstić information content (AvgIpc) is 3.20. The highest BCUT2D eigenvalue weighted by molar-refractivity contribution is 14.1. The minimum atomic E-state index is -0.817. The van der Waals surface area contributed by atoms with Gasteiger partial charge in [0.2, 0.25) is 0 Å². The van der Waals surface area contributed by atoms with E-state index in [-0.39, 0.29) is 37.7 Å². The second kappa shape index (κ2) is 12.6. The Labute approximate surface area is 227 Å². The van der Waals surface area contributed by atoms with Gasteiger partial charge in [-0.3, -0.25) is 0 Å². The highest BCUT2D eigenvalue weighted by Gasteiger charge is 2.24. The van der Waals surface area contributed by atoms with Gasteiger partial charge >= 0.3 is 0 Å².